The van der Waals surface area contributed by atoms with Crippen molar-refractivity contribution in [3.05, 3.63) is 23.9 Å². The molecular formula is C21H34N4O2. The summed E-state index contributed by atoms with van der Waals surface area (Å²) in [4.78, 5) is 33.8. The summed E-state index contributed by atoms with van der Waals surface area (Å²) in [6.45, 7) is 13.7. The lowest BCUT2D eigenvalue weighted by Gasteiger charge is -2.39. The number of aromatic nitrogens is 1. The zero-order chi connectivity index (χ0) is 20.1. The van der Waals surface area contributed by atoms with Crippen molar-refractivity contribution in [3.8, 4) is 0 Å². The number of hydrogen-bond donors (Lipinski definition) is 1. The maximum absolute atomic E-state index is 12.9. The predicted octanol–water partition coefficient (Wildman–Crippen LogP) is 3.07. The van der Waals surface area contributed by atoms with E-state index >= 15 is 0 Å². The average Bonchev–Trinajstić information content (AvgIpc) is 2.60. The van der Waals surface area contributed by atoms with E-state index in [2.05, 4.69) is 42.9 Å². The molecule has 6 heteroatoms. The molecule has 0 aromatic carbocycles. The van der Waals surface area contributed by atoms with E-state index in [0.717, 1.165) is 31.5 Å². The van der Waals surface area contributed by atoms with Gasteiger partial charge in [0.05, 0.1) is 6.04 Å². The van der Waals surface area contributed by atoms with Crippen LogP contribution in [0.1, 0.15) is 53.0 Å². The Bertz CT molecular complexity index is 643. The van der Waals surface area contributed by atoms with Gasteiger partial charge in [-0.1, -0.05) is 0 Å². The normalized spacial score (nSPS) is 17.2. The molecule has 27 heavy (non-hydrogen) atoms. The van der Waals surface area contributed by atoms with Crippen LogP contribution in [0, 0.1) is 12.8 Å². The number of aryl methyl sites for hydroxylation is 1. The maximum Gasteiger partial charge on any atom is 0.240 e. The Kier molecular flexibility index (Phi) is 7.36. The molecule has 6 nitrogen and oxygen atoms in total. The Hall–Kier alpha value is -1.95. The van der Waals surface area contributed by atoms with Crippen molar-refractivity contribution in [2.75, 3.05) is 18.4 Å². The van der Waals surface area contributed by atoms with Crippen molar-refractivity contribution in [2.24, 2.45) is 5.92 Å². The average molecular weight is 375 g/mol. The smallest absolute Gasteiger partial charge is 0.240 e. The number of rotatable bonds is 6. The van der Waals surface area contributed by atoms with Gasteiger partial charge < -0.3 is 10.2 Å². The highest BCUT2D eigenvalue weighted by molar-refractivity contribution is 5.91. The van der Waals surface area contributed by atoms with Gasteiger partial charge in [-0.25, -0.2) is 4.98 Å². The van der Waals surface area contributed by atoms with Crippen LogP contribution in [0.4, 0.5) is 5.82 Å². The fourth-order valence-electron chi connectivity index (χ4n) is 3.86. The van der Waals surface area contributed by atoms with Crippen molar-refractivity contribution in [3.63, 3.8) is 0 Å². The molecule has 1 aromatic heterocycles. The van der Waals surface area contributed by atoms with Crippen molar-refractivity contribution in [1.29, 1.82) is 0 Å². The predicted molar refractivity (Wildman–Crippen MR) is 108 cm³/mol. The largest absolute Gasteiger partial charge is 0.336 e. The first-order valence-electron chi connectivity index (χ1n) is 10.0. The van der Waals surface area contributed by atoms with E-state index in [4.69, 9.17) is 0 Å². The van der Waals surface area contributed by atoms with Gasteiger partial charge in [0.1, 0.15) is 5.82 Å². The van der Waals surface area contributed by atoms with Crippen LogP contribution in [-0.2, 0) is 9.59 Å². The molecule has 1 N–H and O–H groups in total. The van der Waals surface area contributed by atoms with Crippen LogP contribution in [0.25, 0.3) is 0 Å². The van der Waals surface area contributed by atoms with E-state index in [-0.39, 0.29) is 35.9 Å². The van der Waals surface area contributed by atoms with Gasteiger partial charge in [-0.3, -0.25) is 14.5 Å². The van der Waals surface area contributed by atoms with Crippen molar-refractivity contribution < 1.29 is 9.59 Å². The second kappa shape index (κ2) is 9.31. The van der Waals surface area contributed by atoms with E-state index in [9.17, 15) is 9.59 Å². The van der Waals surface area contributed by atoms with E-state index in [1.54, 1.807) is 6.20 Å². The minimum atomic E-state index is -0.155. The second-order valence-corrected chi connectivity index (χ2v) is 8.13. The third-order valence-electron chi connectivity index (χ3n) is 5.34. The molecule has 2 heterocycles. The highest BCUT2D eigenvalue weighted by atomic mass is 16.2. The fourth-order valence-corrected chi connectivity index (χ4v) is 3.86. The van der Waals surface area contributed by atoms with Crippen molar-refractivity contribution >= 4 is 17.6 Å². The molecule has 1 aliphatic heterocycles. The molecule has 0 bridgehead atoms. The van der Waals surface area contributed by atoms with Gasteiger partial charge in [0.25, 0.3) is 0 Å². The lowest BCUT2D eigenvalue weighted by atomic mass is 9.94. The molecule has 2 rings (SSSR count). The summed E-state index contributed by atoms with van der Waals surface area (Å²) in [5.74, 6) is 0.775. The van der Waals surface area contributed by atoms with Gasteiger partial charge in [0.2, 0.25) is 11.8 Å². The zero-order valence-electron chi connectivity index (χ0n) is 17.5. The Morgan fingerprint density at radius 3 is 2.26 bits per heavy atom. The highest BCUT2D eigenvalue weighted by Gasteiger charge is 2.33. The third kappa shape index (κ3) is 5.51. The van der Waals surface area contributed by atoms with E-state index < -0.39 is 0 Å². The monoisotopic (exact) mass is 374 g/mol. The molecule has 1 saturated heterocycles. The Morgan fingerprint density at radius 1 is 1.15 bits per heavy atom. The molecule has 0 aliphatic carbocycles. The van der Waals surface area contributed by atoms with E-state index in [1.165, 1.54) is 0 Å². The van der Waals surface area contributed by atoms with E-state index in [1.807, 2.05) is 30.9 Å². The van der Waals surface area contributed by atoms with Crippen LogP contribution in [-0.4, -0.2) is 57.8 Å². The first kappa shape index (κ1) is 21.4. The third-order valence-corrected chi connectivity index (χ3v) is 5.34. The molecule has 0 spiro atoms. The van der Waals surface area contributed by atoms with Gasteiger partial charge in [-0.15, -0.1) is 0 Å². The molecule has 1 fully saturated rings. The lowest BCUT2D eigenvalue weighted by molar-refractivity contribution is -0.140. The molecule has 1 aliphatic rings. The number of amides is 2. The number of anilines is 1. The SMILES string of the molecule is Cc1ccnc(NC(=O)C2CCN(C(C)C(=O)N(C(C)C)C(C)C)CC2)c1. The number of nitrogens with one attached hydrogen (secondary N) is 1. The molecule has 1 aromatic rings. The first-order valence-corrected chi connectivity index (χ1v) is 10.0. The molecule has 2 amide bonds. The summed E-state index contributed by atoms with van der Waals surface area (Å²) in [7, 11) is 0. The number of carbonyl (C=O) groups excluding carboxylic acids is 2. The standard InChI is InChI=1S/C21H34N4O2/c1-14(2)25(15(3)4)21(27)17(6)24-11-8-18(9-12-24)20(26)23-19-13-16(5)7-10-22-19/h7,10,13-15,17-18H,8-9,11-12H2,1-6H3,(H,22,23,26). The summed E-state index contributed by atoms with van der Waals surface area (Å²) in [6, 6.07) is 4.00. The molecular weight excluding hydrogens is 340 g/mol. The minimum Gasteiger partial charge on any atom is -0.336 e. The summed E-state index contributed by atoms with van der Waals surface area (Å²) >= 11 is 0. The van der Waals surface area contributed by atoms with Crippen LogP contribution >= 0.6 is 0 Å². The van der Waals surface area contributed by atoms with Gasteiger partial charge >= 0.3 is 0 Å². The molecule has 1 unspecified atom stereocenters. The quantitative estimate of drug-likeness (QED) is 0.831. The fraction of sp³-hybridized carbons (Fsp3) is 0.667. The number of pyridine rings is 1. The molecule has 150 valence electrons. The van der Waals surface area contributed by atoms with Crippen molar-refractivity contribution in [2.45, 2.75) is 72.5 Å². The van der Waals surface area contributed by atoms with Crippen LogP contribution in [0.15, 0.2) is 18.3 Å². The van der Waals surface area contributed by atoms with E-state index in [0.29, 0.717) is 5.82 Å². The van der Waals surface area contributed by atoms with Crippen LogP contribution < -0.4 is 5.32 Å². The van der Waals surface area contributed by atoms with Crippen LogP contribution in [0.5, 0.6) is 0 Å². The topological polar surface area (TPSA) is 65.5 Å². The Morgan fingerprint density at radius 2 is 1.74 bits per heavy atom. The van der Waals surface area contributed by atoms with Gasteiger partial charge in [0, 0.05) is 24.2 Å². The molecule has 0 saturated carbocycles. The Labute approximate surface area is 163 Å². The summed E-state index contributed by atoms with van der Waals surface area (Å²) in [5, 5.41) is 2.92. The summed E-state index contributed by atoms with van der Waals surface area (Å²) < 4.78 is 0. The van der Waals surface area contributed by atoms with Gasteiger partial charge in [-0.05, 0) is 85.2 Å². The molecule has 1 atom stereocenters. The van der Waals surface area contributed by atoms with Gasteiger partial charge in [0.15, 0.2) is 0 Å². The minimum absolute atomic E-state index is 0.0257. The first-order chi connectivity index (χ1) is 12.7. The van der Waals surface area contributed by atoms with Crippen molar-refractivity contribution in [1.82, 2.24) is 14.8 Å². The zero-order valence-corrected chi connectivity index (χ0v) is 17.5. The highest BCUT2D eigenvalue weighted by Crippen LogP contribution is 2.22. The van der Waals surface area contributed by atoms with Crippen LogP contribution in [0.3, 0.4) is 0 Å². The number of likely N-dealkylation sites (tertiary alicyclic amines) is 1. The lowest BCUT2D eigenvalue weighted by Crippen LogP contribution is -2.53. The maximum atomic E-state index is 12.9. The van der Waals surface area contributed by atoms with Crippen LogP contribution in [0.2, 0.25) is 0 Å². The number of hydrogen-bond acceptors (Lipinski definition) is 4. The van der Waals surface area contributed by atoms with Gasteiger partial charge in [-0.2, -0.15) is 0 Å². The Balaban J connectivity index is 1.90. The number of piperidine rings is 1. The second-order valence-electron chi connectivity index (χ2n) is 8.13. The summed E-state index contributed by atoms with van der Waals surface area (Å²) in [5.41, 5.74) is 1.07. The number of nitrogens with zero attached hydrogens (tertiary/aromatic N) is 3. The number of carbonyl (C=O) groups is 2. The summed E-state index contributed by atoms with van der Waals surface area (Å²) in [6.07, 6.45) is 3.23. The molecule has 0 radical (unpaired) electrons.